The molecule has 0 aromatic carbocycles. The third-order valence-corrected chi connectivity index (χ3v) is 3.57. The molecule has 0 aromatic heterocycles. The molecule has 0 bridgehead atoms. The van der Waals surface area contributed by atoms with Crippen LogP contribution in [0.25, 0.3) is 0 Å². The molecule has 2 rings (SSSR count). The van der Waals surface area contributed by atoms with Crippen molar-refractivity contribution in [3.05, 3.63) is 10.7 Å². The second-order valence-electron chi connectivity index (χ2n) is 3.78. The Kier molecular flexibility index (Phi) is 2.93. The number of rotatable bonds is 1. The van der Waals surface area contributed by atoms with E-state index in [4.69, 9.17) is 9.47 Å². The maximum absolute atomic E-state index is 11.7. The van der Waals surface area contributed by atoms with Gasteiger partial charge in [-0.15, -0.1) is 0 Å². The van der Waals surface area contributed by atoms with Crippen molar-refractivity contribution in [3.63, 3.8) is 0 Å². The van der Waals surface area contributed by atoms with Crippen molar-refractivity contribution >= 4 is 21.7 Å². The van der Waals surface area contributed by atoms with Gasteiger partial charge < -0.3 is 9.47 Å². The van der Waals surface area contributed by atoms with Crippen LogP contribution in [-0.2, 0) is 14.3 Å². The molecule has 0 spiro atoms. The third-order valence-electron chi connectivity index (χ3n) is 3.00. The van der Waals surface area contributed by atoms with Crippen LogP contribution in [0.5, 0.6) is 0 Å². The van der Waals surface area contributed by atoms with Gasteiger partial charge >= 0.3 is 0 Å². The highest BCUT2D eigenvalue weighted by atomic mass is 79.9. The van der Waals surface area contributed by atoms with Gasteiger partial charge in [0, 0.05) is 13.5 Å². The van der Waals surface area contributed by atoms with Crippen molar-refractivity contribution in [3.8, 4) is 0 Å². The molecular formula is C10H13BrO3. The molecule has 1 fully saturated rings. The third kappa shape index (κ3) is 1.73. The Balaban J connectivity index is 2.10. The van der Waals surface area contributed by atoms with E-state index in [2.05, 4.69) is 15.9 Å². The van der Waals surface area contributed by atoms with E-state index in [9.17, 15) is 4.79 Å². The standard InChI is InChI=1S/C10H13BrO3/c1-13-6-2-3-7-9(4-6)14-5-8(11)10(7)12/h5-7,9H,2-4H2,1H3. The highest BCUT2D eigenvalue weighted by molar-refractivity contribution is 9.12. The second kappa shape index (κ2) is 4.03. The zero-order valence-corrected chi connectivity index (χ0v) is 9.62. The highest BCUT2D eigenvalue weighted by Crippen LogP contribution is 2.35. The molecule has 0 aromatic rings. The van der Waals surface area contributed by atoms with Gasteiger partial charge in [0.25, 0.3) is 0 Å². The Bertz CT molecular complexity index is 275. The van der Waals surface area contributed by atoms with Crippen LogP contribution in [0.1, 0.15) is 19.3 Å². The average molecular weight is 261 g/mol. The molecule has 1 saturated carbocycles. The number of allylic oxidation sites excluding steroid dienone is 1. The smallest absolute Gasteiger partial charge is 0.179 e. The number of ketones is 1. The minimum absolute atomic E-state index is 0.0162. The molecule has 1 aliphatic carbocycles. The highest BCUT2D eigenvalue weighted by Gasteiger charge is 2.39. The van der Waals surface area contributed by atoms with Gasteiger partial charge in [0.2, 0.25) is 0 Å². The van der Waals surface area contributed by atoms with Crippen molar-refractivity contribution in [2.75, 3.05) is 7.11 Å². The van der Waals surface area contributed by atoms with Crippen LogP contribution < -0.4 is 0 Å². The Morgan fingerprint density at radius 3 is 3.07 bits per heavy atom. The van der Waals surface area contributed by atoms with E-state index in [-0.39, 0.29) is 23.9 Å². The maximum Gasteiger partial charge on any atom is 0.179 e. The molecular weight excluding hydrogens is 248 g/mol. The monoisotopic (exact) mass is 260 g/mol. The molecule has 78 valence electrons. The normalized spacial score (nSPS) is 37.1. The Labute approximate surface area is 91.6 Å². The van der Waals surface area contributed by atoms with E-state index in [1.807, 2.05) is 0 Å². The van der Waals surface area contributed by atoms with Crippen LogP contribution in [0.3, 0.4) is 0 Å². The molecule has 1 heterocycles. The average Bonchev–Trinajstić information content (AvgIpc) is 2.23. The minimum Gasteiger partial charge on any atom is -0.496 e. The molecule has 3 nitrogen and oxygen atoms in total. The van der Waals surface area contributed by atoms with E-state index in [0.29, 0.717) is 4.48 Å². The Hall–Kier alpha value is -0.350. The van der Waals surface area contributed by atoms with Gasteiger partial charge in [-0.05, 0) is 28.8 Å². The van der Waals surface area contributed by atoms with E-state index in [1.165, 1.54) is 6.26 Å². The lowest BCUT2D eigenvalue weighted by Gasteiger charge is -2.36. The summed E-state index contributed by atoms with van der Waals surface area (Å²) >= 11 is 3.20. The number of hydrogen-bond donors (Lipinski definition) is 0. The number of hydrogen-bond acceptors (Lipinski definition) is 3. The summed E-state index contributed by atoms with van der Waals surface area (Å²) in [5.74, 6) is 0.205. The van der Waals surface area contributed by atoms with E-state index in [0.717, 1.165) is 19.3 Å². The van der Waals surface area contributed by atoms with Crippen molar-refractivity contribution in [1.82, 2.24) is 0 Å². The minimum atomic E-state index is 0.0162. The lowest BCUT2D eigenvalue weighted by atomic mass is 9.81. The first-order chi connectivity index (χ1) is 6.72. The molecule has 1 aliphatic heterocycles. The van der Waals surface area contributed by atoms with Crippen molar-refractivity contribution in [1.29, 1.82) is 0 Å². The molecule has 14 heavy (non-hydrogen) atoms. The summed E-state index contributed by atoms with van der Waals surface area (Å²) in [5, 5.41) is 0. The maximum atomic E-state index is 11.7. The number of carbonyl (C=O) groups is 1. The van der Waals surface area contributed by atoms with Gasteiger partial charge in [-0.25, -0.2) is 0 Å². The molecule has 4 heteroatoms. The largest absolute Gasteiger partial charge is 0.496 e. The number of Topliss-reactive ketones (excluding diaryl/α,β-unsaturated/α-hetero) is 1. The topological polar surface area (TPSA) is 35.5 Å². The summed E-state index contributed by atoms with van der Waals surface area (Å²) in [4.78, 5) is 11.7. The summed E-state index contributed by atoms with van der Waals surface area (Å²) in [5.41, 5.74) is 0. The van der Waals surface area contributed by atoms with Gasteiger partial charge in [-0.1, -0.05) is 0 Å². The van der Waals surface area contributed by atoms with E-state index in [1.54, 1.807) is 7.11 Å². The van der Waals surface area contributed by atoms with Gasteiger partial charge in [-0.2, -0.15) is 0 Å². The molecule has 0 saturated heterocycles. The van der Waals surface area contributed by atoms with E-state index < -0.39 is 0 Å². The zero-order valence-electron chi connectivity index (χ0n) is 8.03. The van der Waals surface area contributed by atoms with Crippen LogP contribution in [-0.4, -0.2) is 25.1 Å². The van der Waals surface area contributed by atoms with Gasteiger partial charge in [-0.3, -0.25) is 4.79 Å². The van der Waals surface area contributed by atoms with Crippen LogP contribution in [0, 0.1) is 5.92 Å². The molecule has 0 N–H and O–H groups in total. The van der Waals surface area contributed by atoms with Crippen LogP contribution in [0.4, 0.5) is 0 Å². The number of carbonyl (C=O) groups excluding carboxylic acids is 1. The van der Waals surface area contributed by atoms with Crippen molar-refractivity contribution in [2.24, 2.45) is 5.92 Å². The zero-order chi connectivity index (χ0) is 10.1. The number of halogens is 1. The fourth-order valence-corrected chi connectivity index (χ4v) is 2.54. The lowest BCUT2D eigenvalue weighted by molar-refractivity contribution is -0.128. The molecule has 0 amide bonds. The van der Waals surface area contributed by atoms with Crippen LogP contribution in [0.15, 0.2) is 10.7 Å². The van der Waals surface area contributed by atoms with Crippen LogP contribution in [0.2, 0.25) is 0 Å². The fraction of sp³-hybridized carbons (Fsp3) is 0.700. The molecule has 3 atom stereocenters. The van der Waals surface area contributed by atoms with Crippen LogP contribution >= 0.6 is 15.9 Å². The predicted octanol–water partition coefficient (Wildman–Crippen LogP) is 2.01. The summed E-state index contributed by atoms with van der Waals surface area (Å²) in [6.07, 6.45) is 4.42. The number of fused-ring (bicyclic) bond motifs is 1. The summed E-state index contributed by atoms with van der Waals surface area (Å²) in [6, 6.07) is 0. The van der Waals surface area contributed by atoms with Crippen molar-refractivity contribution in [2.45, 2.75) is 31.5 Å². The number of ether oxygens (including phenoxy) is 2. The Morgan fingerprint density at radius 2 is 2.36 bits per heavy atom. The molecule has 0 radical (unpaired) electrons. The van der Waals surface area contributed by atoms with Gasteiger partial charge in [0.15, 0.2) is 5.78 Å². The first kappa shape index (κ1) is 10.2. The molecule has 3 unspecified atom stereocenters. The lowest BCUT2D eigenvalue weighted by Crippen LogP contribution is -2.40. The van der Waals surface area contributed by atoms with Gasteiger partial charge in [0.05, 0.1) is 16.5 Å². The first-order valence-corrected chi connectivity index (χ1v) is 5.60. The van der Waals surface area contributed by atoms with E-state index >= 15 is 0 Å². The van der Waals surface area contributed by atoms with Gasteiger partial charge in [0.1, 0.15) is 12.4 Å². The first-order valence-electron chi connectivity index (χ1n) is 4.80. The molecule has 2 aliphatic rings. The second-order valence-corrected chi connectivity index (χ2v) is 4.64. The summed E-state index contributed by atoms with van der Waals surface area (Å²) in [7, 11) is 1.71. The predicted molar refractivity (Wildman–Crippen MR) is 55.0 cm³/mol. The summed E-state index contributed by atoms with van der Waals surface area (Å²) in [6.45, 7) is 0. The number of methoxy groups -OCH3 is 1. The quantitative estimate of drug-likeness (QED) is 0.724. The SMILES string of the molecule is COC1CCC2C(=O)C(Br)=COC2C1. The van der Waals surface area contributed by atoms with Crippen molar-refractivity contribution < 1.29 is 14.3 Å². The summed E-state index contributed by atoms with van der Waals surface area (Å²) < 4.78 is 11.3. The fourth-order valence-electron chi connectivity index (χ4n) is 2.14. The Morgan fingerprint density at radius 1 is 1.57 bits per heavy atom.